The summed E-state index contributed by atoms with van der Waals surface area (Å²) in [5, 5.41) is 0.278. The van der Waals surface area contributed by atoms with Crippen molar-refractivity contribution in [1.29, 1.82) is 0 Å². The van der Waals surface area contributed by atoms with E-state index in [0.717, 1.165) is 0 Å². The first kappa shape index (κ1) is 17.6. The van der Waals surface area contributed by atoms with E-state index < -0.39 is 27.7 Å². The standard InChI is InChI=1S/C12H19NO7S/c1-3-9(2)12(16)19-7-4-8-21(17,18)20-13-10(14)5-6-11(13)15/h9H,3-8H2,1-2H3. The van der Waals surface area contributed by atoms with Crippen LogP contribution in [0.1, 0.15) is 39.5 Å². The number of amides is 2. The summed E-state index contributed by atoms with van der Waals surface area (Å²) in [6.45, 7) is 3.49. The molecular weight excluding hydrogens is 302 g/mol. The lowest BCUT2D eigenvalue weighted by Gasteiger charge is -2.13. The Kier molecular flexibility index (Phi) is 6.28. The SMILES string of the molecule is CCC(C)C(=O)OCCCS(=O)(=O)ON1C(=O)CCC1=O. The topological polar surface area (TPSA) is 107 Å². The van der Waals surface area contributed by atoms with Crippen molar-refractivity contribution >= 4 is 27.9 Å². The molecule has 2 amide bonds. The van der Waals surface area contributed by atoms with Gasteiger partial charge in [0.15, 0.2) is 0 Å². The molecule has 1 aliphatic heterocycles. The number of esters is 1. The van der Waals surface area contributed by atoms with Crippen molar-refractivity contribution in [1.82, 2.24) is 5.06 Å². The highest BCUT2D eigenvalue weighted by Crippen LogP contribution is 2.15. The summed E-state index contributed by atoms with van der Waals surface area (Å²) in [6.07, 6.45) is 0.557. The molecule has 0 saturated carbocycles. The van der Waals surface area contributed by atoms with Gasteiger partial charge in [0.25, 0.3) is 21.9 Å². The van der Waals surface area contributed by atoms with Gasteiger partial charge in [0.1, 0.15) is 0 Å². The van der Waals surface area contributed by atoms with Crippen LogP contribution in [0.15, 0.2) is 0 Å². The van der Waals surface area contributed by atoms with Crippen LogP contribution in [0.3, 0.4) is 0 Å². The zero-order chi connectivity index (χ0) is 16.0. The van der Waals surface area contributed by atoms with E-state index in [0.29, 0.717) is 6.42 Å². The predicted octanol–water partition coefficient (Wildman–Crippen LogP) is 0.376. The highest BCUT2D eigenvalue weighted by molar-refractivity contribution is 7.86. The predicted molar refractivity (Wildman–Crippen MR) is 71.0 cm³/mol. The molecule has 0 bridgehead atoms. The third kappa shape index (κ3) is 5.43. The first-order valence-electron chi connectivity index (χ1n) is 6.71. The van der Waals surface area contributed by atoms with Crippen LogP contribution in [-0.2, 0) is 33.5 Å². The van der Waals surface area contributed by atoms with Crippen LogP contribution in [0.25, 0.3) is 0 Å². The summed E-state index contributed by atoms with van der Waals surface area (Å²) >= 11 is 0. The largest absolute Gasteiger partial charge is 0.465 e. The molecule has 1 saturated heterocycles. The average Bonchev–Trinajstić information content (AvgIpc) is 2.73. The number of carbonyl (C=O) groups excluding carboxylic acids is 3. The summed E-state index contributed by atoms with van der Waals surface area (Å²) in [5.74, 6) is -2.42. The molecule has 120 valence electrons. The summed E-state index contributed by atoms with van der Waals surface area (Å²) in [6, 6.07) is 0. The summed E-state index contributed by atoms with van der Waals surface area (Å²) in [5.41, 5.74) is 0. The van der Waals surface area contributed by atoms with Gasteiger partial charge < -0.3 is 4.74 Å². The normalized spacial score (nSPS) is 17.1. The van der Waals surface area contributed by atoms with Crippen molar-refractivity contribution in [2.45, 2.75) is 39.5 Å². The molecule has 1 atom stereocenters. The monoisotopic (exact) mass is 321 g/mol. The van der Waals surface area contributed by atoms with Crippen LogP contribution in [0.2, 0.25) is 0 Å². The lowest BCUT2D eigenvalue weighted by atomic mass is 10.1. The van der Waals surface area contributed by atoms with Crippen LogP contribution < -0.4 is 0 Å². The third-order valence-electron chi connectivity index (χ3n) is 2.99. The fourth-order valence-electron chi connectivity index (χ4n) is 1.51. The van der Waals surface area contributed by atoms with Crippen molar-refractivity contribution < 1.29 is 31.8 Å². The summed E-state index contributed by atoms with van der Waals surface area (Å²) in [7, 11) is -4.06. The number of hydroxylamine groups is 2. The maximum Gasteiger partial charge on any atom is 0.308 e. The molecule has 1 rings (SSSR count). The van der Waals surface area contributed by atoms with E-state index in [1.54, 1.807) is 6.92 Å². The van der Waals surface area contributed by atoms with Crippen LogP contribution in [-0.4, -0.2) is 43.6 Å². The van der Waals surface area contributed by atoms with Crippen LogP contribution >= 0.6 is 0 Å². The van der Waals surface area contributed by atoms with Crippen LogP contribution in [0, 0.1) is 5.92 Å². The summed E-state index contributed by atoms with van der Waals surface area (Å²) in [4.78, 5) is 33.8. The van der Waals surface area contributed by atoms with Crippen molar-refractivity contribution in [2.24, 2.45) is 5.92 Å². The molecule has 0 aromatic rings. The Morgan fingerprint density at radius 2 is 1.86 bits per heavy atom. The zero-order valence-corrected chi connectivity index (χ0v) is 12.8. The maximum atomic E-state index is 11.6. The Morgan fingerprint density at radius 3 is 2.38 bits per heavy atom. The van der Waals surface area contributed by atoms with Gasteiger partial charge in [-0.05, 0) is 12.8 Å². The Balaban J connectivity index is 2.35. The molecule has 0 spiro atoms. The van der Waals surface area contributed by atoms with Gasteiger partial charge in [-0.1, -0.05) is 13.8 Å². The molecule has 21 heavy (non-hydrogen) atoms. The van der Waals surface area contributed by atoms with Gasteiger partial charge in [0.05, 0.1) is 18.3 Å². The fourth-order valence-corrected chi connectivity index (χ4v) is 2.45. The second-order valence-electron chi connectivity index (χ2n) is 4.75. The number of hydrogen-bond acceptors (Lipinski definition) is 7. The maximum absolute atomic E-state index is 11.6. The minimum Gasteiger partial charge on any atom is -0.465 e. The molecule has 1 aliphatic rings. The van der Waals surface area contributed by atoms with E-state index in [1.807, 2.05) is 6.92 Å². The van der Waals surface area contributed by atoms with Gasteiger partial charge in [0, 0.05) is 12.8 Å². The minimum atomic E-state index is -4.06. The molecule has 1 unspecified atom stereocenters. The van der Waals surface area contributed by atoms with E-state index in [9.17, 15) is 22.8 Å². The number of hydrogen-bond donors (Lipinski definition) is 0. The molecule has 0 N–H and O–H groups in total. The van der Waals surface area contributed by atoms with Gasteiger partial charge in [-0.3, -0.25) is 14.4 Å². The van der Waals surface area contributed by atoms with Gasteiger partial charge in [0.2, 0.25) is 0 Å². The quantitative estimate of drug-likeness (QED) is 0.361. The molecule has 1 heterocycles. The fraction of sp³-hybridized carbons (Fsp3) is 0.750. The first-order valence-corrected chi connectivity index (χ1v) is 8.29. The highest BCUT2D eigenvalue weighted by atomic mass is 32.2. The minimum absolute atomic E-state index is 0.0285. The number of imide groups is 1. The van der Waals surface area contributed by atoms with Crippen molar-refractivity contribution in [3.63, 3.8) is 0 Å². The number of rotatable bonds is 8. The third-order valence-corrected chi connectivity index (χ3v) is 4.16. The van der Waals surface area contributed by atoms with Gasteiger partial charge >= 0.3 is 5.97 Å². The molecular formula is C12H19NO7S. The van der Waals surface area contributed by atoms with Gasteiger partial charge in [-0.2, -0.15) is 8.42 Å². The highest BCUT2D eigenvalue weighted by Gasteiger charge is 2.34. The van der Waals surface area contributed by atoms with Gasteiger partial charge in [-0.25, -0.2) is 0 Å². The van der Waals surface area contributed by atoms with Crippen LogP contribution in [0.5, 0.6) is 0 Å². The van der Waals surface area contributed by atoms with E-state index in [2.05, 4.69) is 4.28 Å². The van der Waals surface area contributed by atoms with E-state index in [-0.39, 0.29) is 42.8 Å². The number of ether oxygens (including phenoxy) is 1. The van der Waals surface area contributed by atoms with Crippen molar-refractivity contribution in [3.05, 3.63) is 0 Å². The van der Waals surface area contributed by atoms with E-state index in [4.69, 9.17) is 4.74 Å². The Bertz CT molecular complexity index is 498. The average molecular weight is 321 g/mol. The number of nitrogens with zero attached hydrogens (tertiary/aromatic N) is 1. The molecule has 8 nitrogen and oxygen atoms in total. The molecule has 0 aromatic heterocycles. The lowest BCUT2D eigenvalue weighted by Crippen LogP contribution is -2.33. The molecule has 1 fully saturated rings. The van der Waals surface area contributed by atoms with E-state index in [1.165, 1.54) is 0 Å². The molecule has 9 heteroatoms. The molecule has 0 aromatic carbocycles. The smallest absolute Gasteiger partial charge is 0.308 e. The zero-order valence-electron chi connectivity index (χ0n) is 12.0. The Hall–Kier alpha value is -1.48. The first-order chi connectivity index (χ1) is 9.76. The molecule has 0 radical (unpaired) electrons. The van der Waals surface area contributed by atoms with Crippen molar-refractivity contribution in [2.75, 3.05) is 12.4 Å². The Labute approximate surface area is 123 Å². The van der Waals surface area contributed by atoms with Gasteiger partial charge in [-0.15, -0.1) is 9.35 Å². The number of carbonyl (C=O) groups is 3. The van der Waals surface area contributed by atoms with Crippen LogP contribution in [0.4, 0.5) is 0 Å². The second-order valence-corrected chi connectivity index (χ2v) is 6.42. The lowest BCUT2D eigenvalue weighted by molar-refractivity contribution is -0.163. The molecule has 0 aliphatic carbocycles. The Morgan fingerprint density at radius 1 is 1.29 bits per heavy atom. The second kappa shape index (κ2) is 7.51. The van der Waals surface area contributed by atoms with E-state index >= 15 is 0 Å². The summed E-state index contributed by atoms with van der Waals surface area (Å²) < 4.78 is 32.6. The van der Waals surface area contributed by atoms with Crippen molar-refractivity contribution in [3.8, 4) is 0 Å².